The molecule has 3 aromatic rings. The van der Waals surface area contributed by atoms with E-state index in [4.69, 9.17) is 9.47 Å². The summed E-state index contributed by atoms with van der Waals surface area (Å²) in [5, 5.41) is 2.72. The summed E-state index contributed by atoms with van der Waals surface area (Å²) in [7, 11) is 0. The molecular weight excluding hydrogens is 434 g/mol. The Hall–Kier alpha value is -4.07. The van der Waals surface area contributed by atoms with Crippen molar-refractivity contribution < 1.29 is 23.9 Å². The van der Waals surface area contributed by atoms with Gasteiger partial charge in [0.15, 0.2) is 17.3 Å². The lowest BCUT2D eigenvalue weighted by Crippen LogP contribution is -2.36. The Morgan fingerprint density at radius 1 is 1.03 bits per heavy atom. The smallest absolute Gasteiger partial charge is 0.325 e. The predicted octanol–water partition coefficient (Wildman–Crippen LogP) is 3.56. The molecule has 1 N–H and O–H groups in total. The van der Waals surface area contributed by atoms with Crippen LogP contribution < -0.4 is 14.8 Å². The number of imide groups is 1. The summed E-state index contributed by atoms with van der Waals surface area (Å²) in [4.78, 5) is 39.5. The number of nitrogens with zero attached hydrogens (tertiary/aromatic N) is 2. The molecule has 1 atom stereocenters. The predicted molar refractivity (Wildman–Crippen MR) is 124 cm³/mol. The zero-order valence-electron chi connectivity index (χ0n) is 19.0. The van der Waals surface area contributed by atoms with Gasteiger partial charge in [0.25, 0.3) is 5.91 Å². The number of hydrogen-bond acceptors (Lipinski definition) is 5. The molecule has 2 aliphatic rings. The van der Waals surface area contributed by atoms with Crippen molar-refractivity contribution in [1.29, 1.82) is 0 Å². The van der Waals surface area contributed by atoms with Gasteiger partial charge in [-0.2, -0.15) is 0 Å². The van der Waals surface area contributed by atoms with Crippen LogP contribution in [0.25, 0.3) is 5.69 Å². The number of Topliss-reactive ketones (excluding diaryl/α,β-unsaturated/α-hetero) is 1. The molecule has 8 nitrogen and oxygen atoms in total. The number of fused-ring (bicyclic) bond motifs is 1. The van der Waals surface area contributed by atoms with Crippen molar-refractivity contribution in [2.24, 2.45) is 0 Å². The van der Waals surface area contributed by atoms with E-state index in [0.29, 0.717) is 29.9 Å². The quantitative estimate of drug-likeness (QED) is 0.431. The lowest BCUT2D eigenvalue weighted by Gasteiger charge is -2.13. The maximum Gasteiger partial charge on any atom is 0.325 e. The Morgan fingerprint density at radius 2 is 1.79 bits per heavy atom. The van der Waals surface area contributed by atoms with E-state index < -0.39 is 12.1 Å². The number of nitrogens with one attached hydrogen (secondary N) is 1. The number of ketones is 1. The highest BCUT2D eigenvalue weighted by Gasteiger charge is 2.39. The van der Waals surface area contributed by atoms with E-state index in [2.05, 4.69) is 5.32 Å². The maximum atomic E-state index is 13.2. The summed E-state index contributed by atoms with van der Waals surface area (Å²) in [5.74, 6) is 0.688. The average molecular weight is 460 g/mol. The van der Waals surface area contributed by atoms with E-state index in [-0.39, 0.29) is 25.0 Å². The number of aryl methyl sites for hydroxylation is 2. The fourth-order valence-electron chi connectivity index (χ4n) is 4.57. The minimum absolute atomic E-state index is 0.185. The van der Waals surface area contributed by atoms with E-state index >= 15 is 0 Å². The Labute approximate surface area is 197 Å². The van der Waals surface area contributed by atoms with Crippen LogP contribution in [0.5, 0.6) is 11.5 Å². The first-order valence-corrected chi connectivity index (χ1v) is 11.2. The monoisotopic (exact) mass is 459 g/mol. The standard InChI is InChI=1S/C26H25N3O5/c1-16-12-20(17(2)29(16)19-9-11-23-24(13-19)34-15-33-23)22(30)14-28-25(31)21(27-26(28)32)10-8-18-6-4-3-5-7-18/h3-7,9,11-13,21H,8,10,14-15H2,1-2H3,(H,27,32). The molecule has 1 fully saturated rings. The number of amides is 3. The van der Waals surface area contributed by atoms with E-state index in [1.54, 1.807) is 6.07 Å². The van der Waals surface area contributed by atoms with Gasteiger partial charge in [-0.25, -0.2) is 4.79 Å². The number of ether oxygens (including phenoxy) is 2. The SMILES string of the molecule is Cc1cc(C(=O)CN2C(=O)NC(CCc3ccccc3)C2=O)c(C)n1-c1ccc2c(c1)OCO2. The number of carbonyl (C=O) groups excluding carboxylic acids is 3. The third kappa shape index (κ3) is 3.91. The van der Waals surface area contributed by atoms with Gasteiger partial charge in [-0.05, 0) is 50.5 Å². The van der Waals surface area contributed by atoms with Crippen molar-refractivity contribution in [3.63, 3.8) is 0 Å². The summed E-state index contributed by atoms with van der Waals surface area (Å²) in [6.45, 7) is 3.64. The molecule has 1 unspecified atom stereocenters. The summed E-state index contributed by atoms with van der Waals surface area (Å²) in [6.07, 6.45) is 1.15. The number of benzene rings is 2. The normalized spacial score (nSPS) is 16.8. The van der Waals surface area contributed by atoms with E-state index in [9.17, 15) is 14.4 Å². The van der Waals surface area contributed by atoms with Gasteiger partial charge in [0, 0.05) is 28.7 Å². The summed E-state index contributed by atoms with van der Waals surface area (Å²) < 4.78 is 12.8. The van der Waals surface area contributed by atoms with Crippen LogP contribution >= 0.6 is 0 Å². The largest absolute Gasteiger partial charge is 0.454 e. The van der Waals surface area contributed by atoms with Gasteiger partial charge in [0.2, 0.25) is 6.79 Å². The van der Waals surface area contributed by atoms with E-state index in [1.807, 2.05) is 66.9 Å². The van der Waals surface area contributed by atoms with Crippen LogP contribution in [0.1, 0.15) is 33.7 Å². The number of urea groups is 1. The first kappa shape index (κ1) is 21.8. The molecule has 1 saturated heterocycles. The minimum Gasteiger partial charge on any atom is -0.454 e. The van der Waals surface area contributed by atoms with Gasteiger partial charge in [-0.15, -0.1) is 0 Å². The number of carbonyl (C=O) groups is 3. The molecule has 5 rings (SSSR count). The first-order valence-electron chi connectivity index (χ1n) is 11.2. The molecule has 8 heteroatoms. The van der Waals surface area contributed by atoms with Gasteiger partial charge < -0.3 is 19.4 Å². The Bertz CT molecular complexity index is 1280. The Balaban J connectivity index is 1.30. The molecule has 174 valence electrons. The average Bonchev–Trinajstić information content (AvgIpc) is 3.50. The van der Waals surface area contributed by atoms with E-state index in [0.717, 1.165) is 27.5 Å². The molecule has 2 aromatic carbocycles. The fourth-order valence-corrected chi connectivity index (χ4v) is 4.57. The zero-order valence-corrected chi connectivity index (χ0v) is 19.0. The van der Waals surface area contributed by atoms with E-state index in [1.165, 1.54) is 0 Å². The van der Waals surface area contributed by atoms with Crippen molar-refractivity contribution in [2.75, 3.05) is 13.3 Å². The summed E-state index contributed by atoms with van der Waals surface area (Å²) >= 11 is 0. The zero-order chi connectivity index (χ0) is 23.8. The molecular formula is C26H25N3O5. The van der Waals surface area contributed by atoms with Gasteiger partial charge in [-0.1, -0.05) is 30.3 Å². The van der Waals surface area contributed by atoms with Crippen molar-refractivity contribution in [2.45, 2.75) is 32.7 Å². The topological polar surface area (TPSA) is 89.9 Å². The van der Waals surface area contributed by atoms with Crippen LogP contribution in [0.4, 0.5) is 4.79 Å². The van der Waals surface area contributed by atoms with Gasteiger partial charge in [0.05, 0.1) is 6.54 Å². The van der Waals surface area contributed by atoms with Crippen LogP contribution in [0.2, 0.25) is 0 Å². The molecule has 2 aliphatic heterocycles. The molecule has 0 bridgehead atoms. The highest BCUT2D eigenvalue weighted by atomic mass is 16.7. The van der Waals surface area contributed by atoms with Crippen LogP contribution in [0.15, 0.2) is 54.6 Å². The Morgan fingerprint density at radius 3 is 2.59 bits per heavy atom. The second-order valence-corrected chi connectivity index (χ2v) is 8.53. The number of rotatable bonds is 7. The number of aromatic nitrogens is 1. The van der Waals surface area contributed by atoms with Gasteiger partial charge >= 0.3 is 6.03 Å². The fraction of sp³-hybridized carbons (Fsp3) is 0.269. The Kier molecular flexibility index (Phi) is 5.57. The highest BCUT2D eigenvalue weighted by molar-refractivity contribution is 6.09. The van der Waals surface area contributed by atoms with Crippen molar-refractivity contribution in [3.05, 3.63) is 77.1 Å². The lowest BCUT2D eigenvalue weighted by atomic mass is 10.1. The summed E-state index contributed by atoms with van der Waals surface area (Å²) in [5.41, 5.74) is 4.00. The maximum absolute atomic E-state index is 13.2. The van der Waals surface area contributed by atoms with Crippen LogP contribution in [-0.2, 0) is 11.2 Å². The molecule has 34 heavy (non-hydrogen) atoms. The van der Waals surface area contributed by atoms with Gasteiger partial charge in [0.1, 0.15) is 6.04 Å². The first-order chi connectivity index (χ1) is 16.4. The van der Waals surface area contributed by atoms with Crippen molar-refractivity contribution in [1.82, 2.24) is 14.8 Å². The third-order valence-corrected chi connectivity index (χ3v) is 6.32. The molecule has 0 aliphatic carbocycles. The summed E-state index contributed by atoms with van der Waals surface area (Å²) in [6, 6.07) is 16.0. The van der Waals surface area contributed by atoms with Gasteiger partial charge in [-0.3, -0.25) is 14.5 Å². The second-order valence-electron chi connectivity index (χ2n) is 8.53. The molecule has 0 saturated carbocycles. The molecule has 0 radical (unpaired) electrons. The molecule has 0 spiro atoms. The minimum atomic E-state index is -0.624. The lowest BCUT2D eigenvalue weighted by molar-refractivity contribution is -0.127. The van der Waals surface area contributed by atoms with Crippen LogP contribution in [0, 0.1) is 13.8 Å². The number of hydrogen-bond donors (Lipinski definition) is 1. The van der Waals surface area contributed by atoms with Crippen molar-refractivity contribution in [3.8, 4) is 17.2 Å². The van der Waals surface area contributed by atoms with Crippen LogP contribution in [0.3, 0.4) is 0 Å². The molecule has 3 amide bonds. The van der Waals surface area contributed by atoms with Crippen molar-refractivity contribution >= 4 is 17.7 Å². The highest BCUT2D eigenvalue weighted by Crippen LogP contribution is 2.35. The molecule has 3 heterocycles. The molecule has 1 aromatic heterocycles. The third-order valence-electron chi connectivity index (χ3n) is 6.32. The van der Waals surface area contributed by atoms with Crippen LogP contribution in [-0.4, -0.2) is 46.6 Å². The second kappa shape index (κ2) is 8.70.